The molecule has 2 rings (SSSR count). The summed E-state index contributed by atoms with van der Waals surface area (Å²) in [7, 11) is 0. The number of nitro benzene ring substituents is 1. The Balaban J connectivity index is 2.26. The Labute approximate surface area is 102 Å². The van der Waals surface area contributed by atoms with Crippen LogP contribution in [0.2, 0.25) is 0 Å². The molecule has 1 aromatic rings. The molecule has 1 heterocycles. The molecule has 1 aliphatic rings. The van der Waals surface area contributed by atoms with Crippen molar-refractivity contribution in [1.82, 2.24) is 5.32 Å². The molecular weight excluding hydrogens is 240 g/mol. The van der Waals surface area contributed by atoms with E-state index in [9.17, 15) is 20.0 Å². The summed E-state index contributed by atoms with van der Waals surface area (Å²) in [6, 6.07) is 3.37. The lowest BCUT2D eigenvalue weighted by atomic mass is 9.99. The SMILES string of the molecule is O=C(O)C1CNC(c2cc([N+](=O)[O-])ccc2O)C1. The number of benzene rings is 1. The van der Waals surface area contributed by atoms with Gasteiger partial charge in [-0.05, 0) is 12.5 Å². The van der Waals surface area contributed by atoms with Crippen molar-refractivity contribution in [2.24, 2.45) is 5.92 Å². The second kappa shape index (κ2) is 4.61. The highest BCUT2D eigenvalue weighted by atomic mass is 16.6. The number of nitro groups is 1. The number of carboxylic acids is 1. The first kappa shape index (κ1) is 12.3. The number of hydrogen-bond donors (Lipinski definition) is 3. The largest absolute Gasteiger partial charge is 0.508 e. The van der Waals surface area contributed by atoms with Crippen LogP contribution in [0.15, 0.2) is 18.2 Å². The first-order valence-electron chi connectivity index (χ1n) is 5.42. The lowest BCUT2D eigenvalue weighted by molar-refractivity contribution is -0.385. The van der Waals surface area contributed by atoms with Crippen LogP contribution in [0.25, 0.3) is 0 Å². The van der Waals surface area contributed by atoms with Crippen molar-refractivity contribution in [2.75, 3.05) is 6.54 Å². The molecule has 1 fully saturated rings. The van der Waals surface area contributed by atoms with Gasteiger partial charge in [-0.3, -0.25) is 14.9 Å². The maximum atomic E-state index is 10.8. The molecule has 0 bridgehead atoms. The first-order valence-corrected chi connectivity index (χ1v) is 5.42. The van der Waals surface area contributed by atoms with Crippen molar-refractivity contribution in [3.8, 4) is 5.75 Å². The van der Waals surface area contributed by atoms with Gasteiger partial charge in [-0.15, -0.1) is 0 Å². The molecule has 7 nitrogen and oxygen atoms in total. The zero-order chi connectivity index (χ0) is 13.3. The Morgan fingerprint density at radius 1 is 1.50 bits per heavy atom. The summed E-state index contributed by atoms with van der Waals surface area (Å²) in [6.45, 7) is 0.294. The van der Waals surface area contributed by atoms with Crippen LogP contribution < -0.4 is 5.32 Å². The number of non-ortho nitro benzene ring substituents is 1. The van der Waals surface area contributed by atoms with E-state index in [1.807, 2.05) is 0 Å². The van der Waals surface area contributed by atoms with Crippen molar-refractivity contribution in [2.45, 2.75) is 12.5 Å². The van der Waals surface area contributed by atoms with Crippen molar-refractivity contribution in [1.29, 1.82) is 0 Å². The summed E-state index contributed by atoms with van der Waals surface area (Å²) < 4.78 is 0. The fourth-order valence-electron chi connectivity index (χ4n) is 2.10. The van der Waals surface area contributed by atoms with Gasteiger partial charge < -0.3 is 15.5 Å². The van der Waals surface area contributed by atoms with Crippen molar-refractivity contribution >= 4 is 11.7 Å². The number of aromatic hydroxyl groups is 1. The van der Waals surface area contributed by atoms with E-state index in [0.29, 0.717) is 18.5 Å². The Bertz CT molecular complexity index is 502. The summed E-state index contributed by atoms with van der Waals surface area (Å²) in [6.07, 6.45) is 0.310. The van der Waals surface area contributed by atoms with Gasteiger partial charge in [0.2, 0.25) is 0 Å². The Morgan fingerprint density at radius 2 is 2.22 bits per heavy atom. The van der Waals surface area contributed by atoms with Gasteiger partial charge in [0.1, 0.15) is 5.75 Å². The molecule has 2 atom stereocenters. The molecule has 18 heavy (non-hydrogen) atoms. The molecule has 1 aromatic carbocycles. The quantitative estimate of drug-likeness (QED) is 0.547. The molecule has 7 heteroatoms. The first-order chi connectivity index (χ1) is 8.49. The number of carbonyl (C=O) groups is 1. The van der Waals surface area contributed by atoms with Crippen LogP contribution in [0.3, 0.4) is 0 Å². The number of nitrogens with zero attached hydrogens (tertiary/aromatic N) is 1. The summed E-state index contributed by atoms with van der Waals surface area (Å²) in [5, 5.41) is 32.2. The zero-order valence-electron chi connectivity index (χ0n) is 9.37. The fourth-order valence-corrected chi connectivity index (χ4v) is 2.10. The van der Waals surface area contributed by atoms with Crippen molar-refractivity contribution in [3.63, 3.8) is 0 Å². The number of phenols is 1. The number of hydrogen-bond acceptors (Lipinski definition) is 5. The highest BCUT2D eigenvalue weighted by Crippen LogP contribution is 2.34. The minimum atomic E-state index is -0.907. The molecule has 96 valence electrons. The number of rotatable bonds is 3. The van der Waals surface area contributed by atoms with E-state index in [1.54, 1.807) is 0 Å². The normalized spacial score (nSPS) is 22.9. The van der Waals surface area contributed by atoms with E-state index in [0.717, 1.165) is 0 Å². The molecule has 0 radical (unpaired) electrons. The predicted octanol–water partition coefficient (Wildman–Crippen LogP) is 1.04. The van der Waals surface area contributed by atoms with E-state index in [4.69, 9.17) is 5.11 Å². The van der Waals surface area contributed by atoms with E-state index < -0.39 is 16.8 Å². The summed E-state index contributed by atoms with van der Waals surface area (Å²) in [5.41, 5.74) is 0.247. The van der Waals surface area contributed by atoms with Gasteiger partial charge in [0, 0.05) is 30.3 Å². The van der Waals surface area contributed by atoms with Crippen LogP contribution in [-0.2, 0) is 4.79 Å². The van der Waals surface area contributed by atoms with Gasteiger partial charge in [0.05, 0.1) is 10.8 Å². The highest BCUT2D eigenvalue weighted by Gasteiger charge is 2.32. The molecule has 0 spiro atoms. The predicted molar refractivity (Wildman–Crippen MR) is 61.2 cm³/mol. The zero-order valence-corrected chi connectivity index (χ0v) is 9.37. The van der Waals surface area contributed by atoms with Gasteiger partial charge in [0.15, 0.2) is 0 Å². The van der Waals surface area contributed by atoms with Gasteiger partial charge in [-0.1, -0.05) is 0 Å². The lowest BCUT2D eigenvalue weighted by Gasteiger charge is -2.12. The molecular formula is C11H12N2O5. The molecule has 3 N–H and O–H groups in total. The second-order valence-electron chi connectivity index (χ2n) is 4.23. The van der Waals surface area contributed by atoms with E-state index in [-0.39, 0.29) is 17.5 Å². The molecule has 1 saturated heterocycles. The topological polar surface area (TPSA) is 113 Å². The average molecular weight is 252 g/mol. The van der Waals surface area contributed by atoms with Crippen LogP contribution in [-0.4, -0.2) is 27.7 Å². The summed E-state index contributed by atoms with van der Waals surface area (Å²) >= 11 is 0. The number of nitrogens with one attached hydrogen (secondary N) is 1. The van der Waals surface area contributed by atoms with Gasteiger partial charge in [-0.2, -0.15) is 0 Å². The van der Waals surface area contributed by atoms with E-state index in [2.05, 4.69) is 5.32 Å². The minimum absolute atomic E-state index is 0.0656. The molecule has 0 amide bonds. The number of aliphatic carboxylic acids is 1. The highest BCUT2D eigenvalue weighted by molar-refractivity contribution is 5.71. The van der Waals surface area contributed by atoms with Crippen LogP contribution in [0.4, 0.5) is 5.69 Å². The maximum absolute atomic E-state index is 10.8. The van der Waals surface area contributed by atoms with Crippen molar-refractivity contribution in [3.05, 3.63) is 33.9 Å². The van der Waals surface area contributed by atoms with Gasteiger partial charge in [0.25, 0.3) is 5.69 Å². The number of phenolic OH excluding ortho intramolecular Hbond substituents is 1. The smallest absolute Gasteiger partial charge is 0.307 e. The number of carboxylic acid groups (broad SMARTS) is 1. The third-order valence-corrected chi connectivity index (χ3v) is 3.08. The lowest BCUT2D eigenvalue weighted by Crippen LogP contribution is -2.17. The minimum Gasteiger partial charge on any atom is -0.508 e. The molecule has 1 aliphatic heterocycles. The maximum Gasteiger partial charge on any atom is 0.307 e. The Morgan fingerprint density at radius 3 is 2.78 bits per heavy atom. The van der Waals surface area contributed by atoms with Crippen LogP contribution in [0, 0.1) is 16.0 Å². The summed E-state index contributed by atoms with van der Waals surface area (Å²) in [4.78, 5) is 20.9. The van der Waals surface area contributed by atoms with Gasteiger partial charge in [-0.25, -0.2) is 0 Å². The third kappa shape index (κ3) is 2.25. The Hall–Kier alpha value is -2.15. The molecule has 0 aromatic heterocycles. The Kier molecular flexibility index (Phi) is 3.15. The van der Waals surface area contributed by atoms with Crippen LogP contribution in [0.5, 0.6) is 5.75 Å². The molecule has 0 aliphatic carbocycles. The molecule has 0 saturated carbocycles. The second-order valence-corrected chi connectivity index (χ2v) is 4.23. The molecule has 2 unspecified atom stereocenters. The van der Waals surface area contributed by atoms with E-state index in [1.165, 1.54) is 18.2 Å². The monoisotopic (exact) mass is 252 g/mol. The third-order valence-electron chi connectivity index (χ3n) is 3.08. The fraction of sp³-hybridized carbons (Fsp3) is 0.364. The van der Waals surface area contributed by atoms with E-state index >= 15 is 0 Å². The van der Waals surface area contributed by atoms with Crippen molar-refractivity contribution < 1.29 is 19.9 Å². The standard InChI is InChI=1S/C11H12N2O5/c14-10-2-1-7(13(17)18)4-8(10)9-3-6(5-12-9)11(15)16/h1-2,4,6,9,12,14H,3,5H2,(H,15,16). The summed E-state index contributed by atoms with van der Waals surface area (Å²) in [5.74, 6) is -1.51. The average Bonchev–Trinajstić information content (AvgIpc) is 2.78. The van der Waals surface area contributed by atoms with Gasteiger partial charge >= 0.3 is 5.97 Å². The van der Waals surface area contributed by atoms with Crippen LogP contribution >= 0.6 is 0 Å². The van der Waals surface area contributed by atoms with Crippen LogP contribution in [0.1, 0.15) is 18.0 Å².